The van der Waals surface area contributed by atoms with Crippen molar-refractivity contribution < 1.29 is 28.8 Å². The van der Waals surface area contributed by atoms with Crippen molar-refractivity contribution >= 4 is 62.8 Å². The third kappa shape index (κ3) is 6.58. The molecule has 0 spiro atoms. The highest BCUT2D eigenvalue weighted by atomic mass is 32.2. The van der Waals surface area contributed by atoms with Crippen molar-refractivity contribution in [1.82, 2.24) is 4.57 Å². The van der Waals surface area contributed by atoms with E-state index in [1.54, 1.807) is 30.3 Å². The molecule has 5 aromatic rings. The number of methoxy groups -OCH3 is 1. The number of hydrogen-bond acceptors (Lipinski definition) is 8. The molecule has 0 radical (unpaired) electrons. The maximum atomic E-state index is 13.8. The Hall–Kier alpha value is -5.02. The van der Waals surface area contributed by atoms with Gasteiger partial charge in [0.05, 0.1) is 12.7 Å². The largest absolute Gasteiger partial charge is 0.465 e. The number of carbonyl (C=O) groups excluding carboxylic acids is 4. The number of thioether (sulfide) groups is 1. The number of aryl methyl sites for hydroxylation is 2. The SMILES string of the molecule is CCn1c2ccc(C(=O)/C(CCSc3ccccc3C(=O)OC)=N/OC(C)=O)cc2c2cc(C(=O)c3ccccc3C)ccc21. The molecule has 5 rings (SSSR count). The average Bonchev–Trinajstić information content (AvgIpc) is 3.37. The Morgan fingerprint density at radius 2 is 1.44 bits per heavy atom. The minimum atomic E-state index is -0.642. The van der Waals surface area contributed by atoms with Crippen LogP contribution in [0, 0.1) is 6.92 Å². The Kier molecular flexibility index (Phi) is 9.59. The summed E-state index contributed by atoms with van der Waals surface area (Å²) in [5.74, 6) is -1.16. The van der Waals surface area contributed by atoms with Crippen molar-refractivity contribution in [3.63, 3.8) is 0 Å². The van der Waals surface area contributed by atoms with Gasteiger partial charge in [0.15, 0.2) is 5.78 Å². The summed E-state index contributed by atoms with van der Waals surface area (Å²) in [6.45, 7) is 5.87. The Morgan fingerprint density at radius 3 is 2.09 bits per heavy atom. The van der Waals surface area contributed by atoms with Gasteiger partial charge in [0.1, 0.15) is 5.71 Å². The Balaban J connectivity index is 1.49. The van der Waals surface area contributed by atoms with Crippen LogP contribution in [0.4, 0.5) is 0 Å². The average molecular weight is 621 g/mol. The fraction of sp³-hybridized carbons (Fsp3) is 0.194. The van der Waals surface area contributed by atoms with Crippen LogP contribution in [0.25, 0.3) is 21.8 Å². The molecule has 4 aromatic carbocycles. The molecular weight excluding hydrogens is 588 g/mol. The van der Waals surface area contributed by atoms with Crippen molar-refractivity contribution in [3.05, 3.63) is 113 Å². The van der Waals surface area contributed by atoms with E-state index in [1.807, 2.05) is 68.4 Å². The zero-order chi connectivity index (χ0) is 32.1. The van der Waals surface area contributed by atoms with E-state index in [4.69, 9.17) is 9.57 Å². The van der Waals surface area contributed by atoms with Crippen molar-refractivity contribution in [2.75, 3.05) is 12.9 Å². The van der Waals surface area contributed by atoms with Crippen LogP contribution in [0.3, 0.4) is 0 Å². The number of hydrogen-bond donors (Lipinski definition) is 0. The molecule has 0 bridgehead atoms. The highest BCUT2D eigenvalue weighted by molar-refractivity contribution is 7.99. The van der Waals surface area contributed by atoms with Crippen molar-refractivity contribution in [2.45, 2.75) is 38.6 Å². The number of Topliss-reactive ketones (excluding diaryl/α,β-unsaturated/α-hetero) is 1. The van der Waals surface area contributed by atoms with Crippen LogP contribution >= 0.6 is 11.8 Å². The lowest BCUT2D eigenvalue weighted by molar-refractivity contribution is -0.140. The summed E-state index contributed by atoms with van der Waals surface area (Å²) in [6.07, 6.45) is 0.177. The van der Waals surface area contributed by atoms with E-state index >= 15 is 0 Å². The maximum Gasteiger partial charge on any atom is 0.338 e. The number of nitrogens with zero attached hydrogens (tertiary/aromatic N) is 2. The smallest absolute Gasteiger partial charge is 0.338 e. The summed E-state index contributed by atoms with van der Waals surface area (Å²) < 4.78 is 7.02. The van der Waals surface area contributed by atoms with Gasteiger partial charge in [-0.2, -0.15) is 0 Å². The minimum absolute atomic E-state index is 0.0679. The molecule has 8 nitrogen and oxygen atoms in total. The summed E-state index contributed by atoms with van der Waals surface area (Å²) in [4.78, 5) is 56.6. The second-order valence-corrected chi connectivity index (χ2v) is 11.5. The van der Waals surface area contributed by atoms with Gasteiger partial charge in [-0.15, -0.1) is 11.8 Å². The van der Waals surface area contributed by atoms with Gasteiger partial charge in [0.2, 0.25) is 5.78 Å². The molecule has 1 aromatic heterocycles. The molecule has 0 N–H and O–H groups in total. The van der Waals surface area contributed by atoms with Gasteiger partial charge >= 0.3 is 11.9 Å². The molecular formula is C36H32N2O6S. The fourth-order valence-corrected chi connectivity index (χ4v) is 6.32. The molecule has 0 saturated heterocycles. The molecule has 0 unspecified atom stereocenters. The molecule has 0 atom stereocenters. The van der Waals surface area contributed by atoms with E-state index in [0.717, 1.165) is 27.4 Å². The molecule has 9 heteroatoms. The first-order valence-electron chi connectivity index (χ1n) is 14.5. The Labute approximate surface area is 265 Å². The molecule has 0 aliphatic rings. The second kappa shape index (κ2) is 13.7. The monoisotopic (exact) mass is 620 g/mol. The van der Waals surface area contributed by atoms with Crippen LogP contribution in [-0.4, -0.2) is 46.6 Å². The lowest BCUT2D eigenvalue weighted by Gasteiger charge is -2.09. The summed E-state index contributed by atoms with van der Waals surface area (Å²) >= 11 is 1.37. The van der Waals surface area contributed by atoms with Gasteiger partial charge in [-0.05, 0) is 67.9 Å². The molecule has 0 aliphatic carbocycles. The number of carbonyl (C=O) groups is 4. The van der Waals surface area contributed by atoms with Crippen LogP contribution in [-0.2, 0) is 20.9 Å². The van der Waals surface area contributed by atoms with Crippen molar-refractivity contribution in [3.8, 4) is 0 Å². The number of esters is 1. The van der Waals surface area contributed by atoms with Crippen LogP contribution in [0.5, 0.6) is 0 Å². The van der Waals surface area contributed by atoms with E-state index in [1.165, 1.54) is 25.8 Å². The predicted octanol–water partition coefficient (Wildman–Crippen LogP) is 7.42. The molecule has 1 heterocycles. The Bertz CT molecular complexity index is 1990. The number of ether oxygens (including phenoxy) is 1. The summed E-state index contributed by atoms with van der Waals surface area (Å²) in [6, 6.07) is 25.6. The van der Waals surface area contributed by atoms with Gasteiger partial charge in [-0.3, -0.25) is 9.59 Å². The summed E-state index contributed by atoms with van der Waals surface area (Å²) in [5.41, 5.74) is 4.86. The topological polar surface area (TPSA) is 104 Å². The highest BCUT2D eigenvalue weighted by Gasteiger charge is 2.21. The lowest BCUT2D eigenvalue weighted by atomic mass is 9.97. The maximum absolute atomic E-state index is 13.8. The lowest BCUT2D eigenvalue weighted by Crippen LogP contribution is -2.17. The van der Waals surface area contributed by atoms with Crippen molar-refractivity contribution in [1.29, 1.82) is 0 Å². The summed E-state index contributed by atoms with van der Waals surface area (Å²) in [5, 5.41) is 5.59. The van der Waals surface area contributed by atoms with E-state index < -0.39 is 11.9 Å². The van der Waals surface area contributed by atoms with Gasteiger partial charge in [-0.25, -0.2) is 9.59 Å². The fourth-order valence-electron chi connectivity index (χ4n) is 5.33. The van der Waals surface area contributed by atoms with E-state index in [-0.39, 0.29) is 23.7 Å². The predicted molar refractivity (Wildman–Crippen MR) is 176 cm³/mol. The zero-order valence-corrected chi connectivity index (χ0v) is 26.3. The summed E-state index contributed by atoms with van der Waals surface area (Å²) in [7, 11) is 1.32. The first-order valence-corrected chi connectivity index (χ1v) is 15.5. The van der Waals surface area contributed by atoms with Crippen LogP contribution in [0.15, 0.2) is 95.0 Å². The quantitative estimate of drug-likeness (QED) is 0.0378. The molecule has 45 heavy (non-hydrogen) atoms. The minimum Gasteiger partial charge on any atom is -0.465 e. The number of aromatic nitrogens is 1. The normalized spacial score (nSPS) is 11.5. The molecule has 228 valence electrons. The van der Waals surface area contributed by atoms with Gasteiger partial charge in [0, 0.05) is 69.0 Å². The first-order chi connectivity index (χ1) is 21.7. The second-order valence-electron chi connectivity index (χ2n) is 10.4. The van der Waals surface area contributed by atoms with Crippen LogP contribution < -0.4 is 0 Å². The number of ketones is 2. The highest BCUT2D eigenvalue weighted by Crippen LogP contribution is 2.32. The molecule has 0 fully saturated rings. The van der Waals surface area contributed by atoms with Crippen molar-refractivity contribution in [2.24, 2.45) is 5.16 Å². The first kappa shape index (κ1) is 31.4. The van der Waals surface area contributed by atoms with Gasteiger partial charge < -0.3 is 14.1 Å². The number of rotatable bonds is 11. The third-order valence-corrected chi connectivity index (χ3v) is 8.61. The van der Waals surface area contributed by atoms with Gasteiger partial charge in [-0.1, -0.05) is 41.6 Å². The van der Waals surface area contributed by atoms with E-state index in [0.29, 0.717) is 39.4 Å². The third-order valence-electron chi connectivity index (χ3n) is 7.53. The zero-order valence-electron chi connectivity index (χ0n) is 25.5. The van der Waals surface area contributed by atoms with Crippen LogP contribution in [0.1, 0.15) is 62.5 Å². The van der Waals surface area contributed by atoms with Crippen LogP contribution in [0.2, 0.25) is 0 Å². The number of benzene rings is 4. The van der Waals surface area contributed by atoms with Gasteiger partial charge in [0.25, 0.3) is 0 Å². The molecule has 0 amide bonds. The molecule has 0 saturated carbocycles. The standard InChI is InChI=1S/C36H32N2O6S/c1-5-38-31-16-14-24(34(40)26-11-7-6-10-22(26)2)20-28(31)29-21-25(15-17-32(29)38)35(41)30(37-44-23(3)39)18-19-45-33-13-9-8-12-27(33)36(42)43-4/h6-17,20-21H,5,18-19H2,1-4H3/b37-30+. The van der Waals surface area contributed by atoms with E-state index in [9.17, 15) is 19.2 Å². The van der Waals surface area contributed by atoms with E-state index in [2.05, 4.69) is 9.72 Å². The number of fused-ring (bicyclic) bond motifs is 3. The Morgan fingerprint density at radius 1 is 0.822 bits per heavy atom. The number of oxime groups is 1. The molecule has 0 aliphatic heterocycles.